The highest BCUT2D eigenvalue weighted by Crippen LogP contribution is 2.25. The Hall–Kier alpha value is -1.89. The second-order valence-electron chi connectivity index (χ2n) is 4.52. The summed E-state index contributed by atoms with van der Waals surface area (Å²) in [6.07, 6.45) is -2.55. The average molecular weight is 286 g/mol. The van der Waals surface area contributed by atoms with Gasteiger partial charge in [-0.25, -0.2) is 13.6 Å². The zero-order valence-electron chi connectivity index (χ0n) is 10.8. The number of β-amino-alcohol motifs (C(OH)–C–C–N with tert-alkyl or cyclic N) is 1. The molecule has 1 saturated heterocycles. The molecule has 0 aromatic heterocycles. The van der Waals surface area contributed by atoms with Crippen LogP contribution in [0, 0.1) is 0 Å². The molecule has 0 saturated carbocycles. The van der Waals surface area contributed by atoms with E-state index in [1.165, 1.54) is 11.0 Å². The number of nitrogens with zero attached hydrogens (tertiary/aromatic N) is 1. The van der Waals surface area contributed by atoms with Crippen LogP contribution in [0.15, 0.2) is 24.3 Å². The zero-order valence-corrected chi connectivity index (χ0v) is 10.8. The number of hydrogen-bond donors (Lipinski definition) is 2. The first-order chi connectivity index (χ1) is 9.56. The van der Waals surface area contributed by atoms with Gasteiger partial charge >= 0.3 is 6.03 Å². The summed E-state index contributed by atoms with van der Waals surface area (Å²) in [5.74, 6) is 0.195. The maximum atomic E-state index is 12.2. The van der Waals surface area contributed by atoms with E-state index >= 15 is 0 Å². The molecule has 5 nitrogen and oxygen atoms in total. The van der Waals surface area contributed by atoms with Crippen molar-refractivity contribution in [2.24, 2.45) is 0 Å². The third-order valence-electron chi connectivity index (χ3n) is 2.94. The van der Waals surface area contributed by atoms with Crippen molar-refractivity contribution in [3.63, 3.8) is 0 Å². The van der Waals surface area contributed by atoms with E-state index in [-0.39, 0.29) is 18.3 Å². The number of ether oxygens (including phenoxy) is 1. The van der Waals surface area contributed by atoms with Gasteiger partial charge in [0.05, 0.1) is 11.8 Å². The third kappa shape index (κ3) is 3.80. The summed E-state index contributed by atoms with van der Waals surface area (Å²) in [7, 11) is 0. The molecule has 2 amide bonds. The van der Waals surface area contributed by atoms with E-state index < -0.39 is 19.1 Å². The van der Waals surface area contributed by atoms with Crippen LogP contribution in [0.2, 0.25) is 0 Å². The molecule has 0 spiro atoms. The van der Waals surface area contributed by atoms with Crippen LogP contribution in [0.4, 0.5) is 19.3 Å². The molecule has 1 aromatic rings. The van der Waals surface area contributed by atoms with Gasteiger partial charge < -0.3 is 20.1 Å². The maximum Gasteiger partial charge on any atom is 0.322 e. The number of carbonyl (C=O) groups is 1. The molecule has 0 unspecified atom stereocenters. The molecule has 7 heteroatoms. The van der Waals surface area contributed by atoms with Crippen LogP contribution in [0.1, 0.15) is 6.42 Å². The SMILES string of the molecule is O=C(Nc1ccccc1OCC(F)F)N1CC[C@@H](O)C1. The first-order valence-corrected chi connectivity index (χ1v) is 6.30. The summed E-state index contributed by atoms with van der Waals surface area (Å²) in [6.45, 7) is 0.00820. The number of aliphatic hydroxyl groups excluding tert-OH is 1. The summed E-state index contributed by atoms with van der Waals surface area (Å²) in [5, 5.41) is 12.0. The van der Waals surface area contributed by atoms with Crippen LogP contribution in [-0.2, 0) is 0 Å². The second-order valence-corrected chi connectivity index (χ2v) is 4.52. The molecular weight excluding hydrogens is 270 g/mol. The van der Waals surface area contributed by atoms with Crippen LogP contribution in [-0.4, -0.2) is 48.3 Å². The molecule has 110 valence electrons. The molecule has 1 aliphatic heterocycles. The number of urea groups is 1. The Morgan fingerprint density at radius 1 is 1.50 bits per heavy atom. The van der Waals surface area contributed by atoms with Crippen molar-refractivity contribution in [3.8, 4) is 5.75 Å². The van der Waals surface area contributed by atoms with E-state index in [1.54, 1.807) is 18.2 Å². The first-order valence-electron chi connectivity index (χ1n) is 6.30. The number of likely N-dealkylation sites (tertiary alicyclic amines) is 1. The van der Waals surface area contributed by atoms with Gasteiger partial charge in [0.1, 0.15) is 12.4 Å². The second kappa shape index (κ2) is 6.51. The van der Waals surface area contributed by atoms with E-state index in [4.69, 9.17) is 4.74 Å². The van der Waals surface area contributed by atoms with Gasteiger partial charge in [0.25, 0.3) is 6.43 Å². The Bertz CT molecular complexity index is 471. The van der Waals surface area contributed by atoms with Crippen LogP contribution < -0.4 is 10.1 Å². The highest BCUT2D eigenvalue weighted by Gasteiger charge is 2.25. The van der Waals surface area contributed by atoms with Gasteiger partial charge in [0.2, 0.25) is 0 Å². The average Bonchev–Trinajstić information content (AvgIpc) is 2.84. The fraction of sp³-hybridized carbons (Fsp3) is 0.462. The van der Waals surface area contributed by atoms with E-state index in [9.17, 15) is 18.7 Å². The van der Waals surface area contributed by atoms with Gasteiger partial charge in [0.15, 0.2) is 0 Å². The molecule has 1 heterocycles. The van der Waals surface area contributed by atoms with Gasteiger partial charge in [-0.15, -0.1) is 0 Å². The summed E-state index contributed by atoms with van der Waals surface area (Å²) in [4.78, 5) is 13.4. The van der Waals surface area contributed by atoms with Crippen molar-refractivity contribution in [2.75, 3.05) is 25.0 Å². The fourth-order valence-corrected chi connectivity index (χ4v) is 1.97. The van der Waals surface area contributed by atoms with Crippen molar-refractivity contribution >= 4 is 11.7 Å². The minimum absolute atomic E-state index is 0.195. The number of carbonyl (C=O) groups excluding carboxylic acids is 1. The first kappa shape index (κ1) is 14.5. The van der Waals surface area contributed by atoms with Gasteiger partial charge in [0, 0.05) is 13.1 Å². The molecule has 2 rings (SSSR count). The van der Waals surface area contributed by atoms with Crippen molar-refractivity contribution in [2.45, 2.75) is 19.0 Å². The third-order valence-corrected chi connectivity index (χ3v) is 2.94. The van der Waals surface area contributed by atoms with E-state index in [0.717, 1.165) is 0 Å². The lowest BCUT2D eigenvalue weighted by Crippen LogP contribution is -2.33. The van der Waals surface area contributed by atoms with Crippen molar-refractivity contribution in [1.82, 2.24) is 4.90 Å². The molecule has 1 atom stereocenters. The van der Waals surface area contributed by atoms with Gasteiger partial charge in [-0.05, 0) is 18.6 Å². The van der Waals surface area contributed by atoms with E-state index in [0.29, 0.717) is 18.7 Å². The molecule has 2 N–H and O–H groups in total. The Morgan fingerprint density at radius 2 is 2.25 bits per heavy atom. The normalized spacial score (nSPS) is 18.4. The number of alkyl halides is 2. The Balaban J connectivity index is 1.99. The Morgan fingerprint density at radius 3 is 2.90 bits per heavy atom. The summed E-state index contributed by atoms with van der Waals surface area (Å²) in [6, 6.07) is 6.01. The smallest absolute Gasteiger partial charge is 0.322 e. The molecule has 1 aromatic carbocycles. The lowest BCUT2D eigenvalue weighted by molar-refractivity contribution is 0.0822. The number of rotatable bonds is 4. The highest BCUT2D eigenvalue weighted by molar-refractivity contribution is 5.91. The predicted molar refractivity (Wildman–Crippen MR) is 69.2 cm³/mol. The largest absolute Gasteiger partial charge is 0.485 e. The van der Waals surface area contributed by atoms with Gasteiger partial charge in [-0.2, -0.15) is 0 Å². The number of benzene rings is 1. The number of halogens is 2. The lowest BCUT2D eigenvalue weighted by Gasteiger charge is -2.18. The Labute approximate surface area is 115 Å². The van der Waals surface area contributed by atoms with Crippen molar-refractivity contribution < 1.29 is 23.4 Å². The van der Waals surface area contributed by atoms with Crippen molar-refractivity contribution in [1.29, 1.82) is 0 Å². The zero-order chi connectivity index (χ0) is 14.5. The van der Waals surface area contributed by atoms with Crippen LogP contribution in [0.3, 0.4) is 0 Å². The lowest BCUT2D eigenvalue weighted by atomic mass is 10.3. The minimum atomic E-state index is -2.58. The predicted octanol–water partition coefficient (Wildman–Crippen LogP) is 1.93. The topological polar surface area (TPSA) is 61.8 Å². The number of aliphatic hydroxyl groups is 1. The summed E-state index contributed by atoms with van der Waals surface area (Å²) >= 11 is 0. The summed E-state index contributed by atoms with van der Waals surface area (Å²) < 4.78 is 29.3. The molecule has 0 radical (unpaired) electrons. The number of nitrogens with one attached hydrogen (secondary N) is 1. The molecule has 0 aliphatic carbocycles. The molecular formula is C13H16F2N2O3. The molecule has 20 heavy (non-hydrogen) atoms. The highest BCUT2D eigenvalue weighted by atomic mass is 19.3. The quantitative estimate of drug-likeness (QED) is 0.889. The van der Waals surface area contributed by atoms with E-state index in [2.05, 4.69) is 5.32 Å². The molecule has 1 aliphatic rings. The van der Waals surface area contributed by atoms with E-state index in [1.807, 2.05) is 0 Å². The minimum Gasteiger partial charge on any atom is -0.485 e. The number of hydrogen-bond acceptors (Lipinski definition) is 3. The molecule has 0 bridgehead atoms. The molecule has 1 fully saturated rings. The van der Waals surface area contributed by atoms with Crippen molar-refractivity contribution in [3.05, 3.63) is 24.3 Å². The Kier molecular flexibility index (Phi) is 4.73. The maximum absolute atomic E-state index is 12.2. The summed E-state index contributed by atoms with van der Waals surface area (Å²) in [5.41, 5.74) is 0.333. The van der Waals surface area contributed by atoms with Gasteiger partial charge in [-0.1, -0.05) is 12.1 Å². The number of anilines is 1. The van der Waals surface area contributed by atoms with Crippen LogP contribution >= 0.6 is 0 Å². The number of amides is 2. The monoisotopic (exact) mass is 286 g/mol. The number of para-hydroxylation sites is 2. The fourth-order valence-electron chi connectivity index (χ4n) is 1.97. The van der Waals surface area contributed by atoms with Crippen LogP contribution in [0.5, 0.6) is 5.75 Å². The standard InChI is InChI=1S/C13H16F2N2O3/c14-12(15)8-20-11-4-2-1-3-10(11)16-13(19)17-6-5-9(18)7-17/h1-4,9,12,18H,5-8H2,(H,16,19)/t9-/m1/s1. The van der Waals surface area contributed by atoms with Crippen LogP contribution in [0.25, 0.3) is 0 Å². The van der Waals surface area contributed by atoms with Gasteiger partial charge in [-0.3, -0.25) is 0 Å².